The summed E-state index contributed by atoms with van der Waals surface area (Å²) in [5.41, 5.74) is 1.79. The highest BCUT2D eigenvalue weighted by Gasteiger charge is 2.35. The second kappa shape index (κ2) is 6.43. The maximum atomic E-state index is 13.1. The van der Waals surface area contributed by atoms with E-state index in [2.05, 4.69) is 10.4 Å². The number of carbonyl (C=O) groups is 2. The van der Waals surface area contributed by atoms with Gasteiger partial charge in [-0.15, -0.1) is 0 Å². The molecule has 0 bridgehead atoms. The number of aromatic nitrogens is 2. The number of likely N-dealkylation sites (N-methyl/N-ethyl adjacent to an activating group) is 1. The predicted octanol–water partition coefficient (Wildman–Crippen LogP) is 1.67. The fourth-order valence-corrected chi connectivity index (χ4v) is 3.07. The summed E-state index contributed by atoms with van der Waals surface area (Å²) in [6.07, 6.45) is 2.96. The van der Waals surface area contributed by atoms with Crippen LogP contribution in [0.15, 0.2) is 30.5 Å². The van der Waals surface area contributed by atoms with Crippen LogP contribution in [0.1, 0.15) is 28.9 Å². The average Bonchev–Trinajstić information content (AvgIpc) is 3.21. The molecule has 1 N–H and O–H groups in total. The van der Waals surface area contributed by atoms with Gasteiger partial charge in [-0.3, -0.25) is 9.59 Å². The topological polar surface area (TPSA) is 67.2 Å². The van der Waals surface area contributed by atoms with E-state index in [4.69, 9.17) is 0 Å². The van der Waals surface area contributed by atoms with Crippen molar-refractivity contribution in [2.24, 2.45) is 0 Å². The van der Waals surface area contributed by atoms with Crippen molar-refractivity contribution in [2.75, 3.05) is 13.6 Å². The van der Waals surface area contributed by atoms with Crippen LogP contribution in [-0.2, 0) is 4.79 Å². The summed E-state index contributed by atoms with van der Waals surface area (Å²) in [5, 5.41) is 6.85. The first-order valence-corrected chi connectivity index (χ1v) is 7.86. The molecular formula is C17H19FN4O2. The monoisotopic (exact) mass is 330 g/mol. The molecule has 0 saturated carbocycles. The maximum absolute atomic E-state index is 13.1. The lowest BCUT2D eigenvalue weighted by Gasteiger charge is -2.23. The van der Waals surface area contributed by atoms with Crippen molar-refractivity contribution in [3.8, 4) is 5.69 Å². The zero-order valence-corrected chi connectivity index (χ0v) is 13.6. The number of halogens is 1. The second-order valence-electron chi connectivity index (χ2n) is 5.80. The molecule has 2 amide bonds. The van der Waals surface area contributed by atoms with Gasteiger partial charge in [0.2, 0.25) is 5.91 Å². The molecule has 1 saturated heterocycles. The van der Waals surface area contributed by atoms with E-state index in [0.29, 0.717) is 29.9 Å². The van der Waals surface area contributed by atoms with Crippen molar-refractivity contribution in [3.05, 3.63) is 47.5 Å². The van der Waals surface area contributed by atoms with Crippen LogP contribution >= 0.6 is 0 Å². The number of nitrogens with one attached hydrogen (secondary N) is 1. The van der Waals surface area contributed by atoms with Crippen LogP contribution in [0.25, 0.3) is 5.69 Å². The molecule has 126 valence electrons. The minimum atomic E-state index is -0.434. The van der Waals surface area contributed by atoms with Gasteiger partial charge >= 0.3 is 0 Å². The highest BCUT2D eigenvalue weighted by Crippen LogP contribution is 2.23. The largest absolute Gasteiger partial charge is 0.357 e. The molecular weight excluding hydrogens is 311 g/mol. The van der Waals surface area contributed by atoms with Crippen LogP contribution < -0.4 is 5.32 Å². The summed E-state index contributed by atoms with van der Waals surface area (Å²) in [6, 6.07) is 5.47. The van der Waals surface area contributed by atoms with Gasteiger partial charge in [-0.1, -0.05) is 0 Å². The highest BCUT2D eigenvalue weighted by molar-refractivity contribution is 5.98. The van der Waals surface area contributed by atoms with Crippen molar-refractivity contribution in [1.29, 1.82) is 0 Å². The summed E-state index contributed by atoms with van der Waals surface area (Å²) in [6.45, 7) is 2.34. The van der Waals surface area contributed by atoms with Crippen LogP contribution in [-0.4, -0.2) is 46.1 Å². The normalized spacial score (nSPS) is 17.1. The lowest BCUT2D eigenvalue weighted by Crippen LogP contribution is -2.45. The van der Waals surface area contributed by atoms with E-state index < -0.39 is 6.04 Å². The van der Waals surface area contributed by atoms with Crippen molar-refractivity contribution in [2.45, 2.75) is 25.8 Å². The molecule has 0 aliphatic carbocycles. The van der Waals surface area contributed by atoms with Crippen LogP contribution in [0.3, 0.4) is 0 Å². The van der Waals surface area contributed by atoms with E-state index in [9.17, 15) is 14.0 Å². The predicted molar refractivity (Wildman–Crippen MR) is 86.4 cm³/mol. The smallest absolute Gasteiger partial charge is 0.258 e. The maximum Gasteiger partial charge on any atom is 0.258 e. The fraction of sp³-hybridized carbons (Fsp3) is 0.353. The van der Waals surface area contributed by atoms with E-state index in [1.165, 1.54) is 18.3 Å². The Balaban J connectivity index is 1.89. The lowest BCUT2D eigenvalue weighted by atomic mass is 10.1. The van der Waals surface area contributed by atoms with Crippen LogP contribution in [0.4, 0.5) is 4.39 Å². The zero-order valence-electron chi connectivity index (χ0n) is 13.6. The molecule has 24 heavy (non-hydrogen) atoms. The van der Waals surface area contributed by atoms with Crippen molar-refractivity contribution >= 4 is 11.8 Å². The van der Waals surface area contributed by atoms with Crippen molar-refractivity contribution < 1.29 is 14.0 Å². The molecule has 2 aromatic rings. The Morgan fingerprint density at radius 2 is 2.00 bits per heavy atom. The Morgan fingerprint density at radius 1 is 1.29 bits per heavy atom. The number of carbonyl (C=O) groups excluding carboxylic acids is 2. The Labute approximate surface area is 139 Å². The van der Waals surface area contributed by atoms with E-state index in [1.807, 2.05) is 0 Å². The first kappa shape index (κ1) is 16.2. The Bertz CT molecular complexity index is 769. The molecule has 7 heteroatoms. The number of hydrogen-bond donors (Lipinski definition) is 1. The summed E-state index contributed by atoms with van der Waals surface area (Å²) < 4.78 is 14.7. The number of benzene rings is 1. The van der Waals surface area contributed by atoms with E-state index in [0.717, 1.165) is 6.42 Å². The number of nitrogens with zero attached hydrogens (tertiary/aromatic N) is 3. The molecule has 2 heterocycles. The molecule has 0 radical (unpaired) electrons. The third kappa shape index (κ3) is 2.77. The molecule has 6 nitrogen and oxygen atoms in total. The summed E-state index contributed by atoms with van der Waals surface area (Å²) in [5.74, 6) is -0.679. The molecule has 1 aromatic heterocycles. The van der Waals surface area contributed by atoms with E-state index in [1.54, 1.807) is 35.7 Å². The van der Waals surface area contributed by atoms with Crippen LogP contribution in [0, 0.1) is 12.7 Å². The number of amides is 2. The molecule has 1 aromatic carbocycles. The van der Waals surface area contributed by atoms with Gasteiger partial charge in [-0.2, -0.15) is 5.10 Å². The zero-order chi connectivity index (χ0) is 17.3. The van der Waals surface area contributed by atoms with Crippen molar-refractivity contribution in [1.82, 2.24) is 20.0 Å². The number of likely N-dealkylation sites (tertiary alicyclic amines) is 1. The summed E-state index contributed by atoms with van der Waals surface area (Å²) in [4.78, 5) is 26.4. The third-order valence-corrected chi connectivity index (χ3v) is 4.37. The van der Waals surface area contributed by atoms with Gasteiger partial charge in [0.15, 0.2) is 0 Å². The van der Waals surface area contributed by atoms with Gasteiger partial charge in [-0.05, 0) is 44.0 Å². The standard InChI is InChI=1S/C17H19FN4O2/c1-11-14(10-20-22(11)13-7-5-12(18)6-8-13)17(24)21-9-3-4-15(21)16(23)19-2/h5-8,10,15H,3-4,9H2,1-2H3,(H,19,23)/t15-/m0/s1. The molecule has 1 atom stereocenters. The van der Waals surface area contributed by atoms with Crippen LogP contribution in [0.2, 0.25) is 0 Å². The fourth-order valence-electron chi connectivity index (χ4n) is 3.07. The Hall–Kier alpha value is -2.70. The minimum Gasteiger partial charge on any atom is -0.357 e. The minimum absolute atomic E-state index is 0.149. The first-order valence-electron chi connectivity index (χ1n) is 7.86. The third-order valence-electron chi connectivity index (χ3n) is 4.37. The first-order chi connectivity index (χ1) is 11.5. The Kier molecular flexibility index (Phi) is 4.33. The number of hydrogen-bond acceptors (Lipinski definition) is 3. The van der Waals surface area contributed by atoms with E-state index >= 15 is 0 Å². The quantitative estimate of drug-likeness (QED) is 0.931. The van der Waals surface area contributed by atoms with Gasteiger partial charge in [0.1, 0.15) is 11.9 Å². The van der Waals surface area contributed by atoms with Gasteiger partial charge in [-0.25, -0.2) is 9.07 Å². The van der Waals surface area contributed by atoms with Crippen LogP contribution in [0.5, 0.6) is 0 Å². The lowest BCUT2D eigenvalue weighted by molar-refractivity contribution is -0.124. The van der Waals surface area contributed by atoms with Gasteiger partial charge < -0.3 is 10.2 Å². The summed E-state index contributed by atoms with van der Waals surface area (Å²) >= 11 is 0. The SMILES string of the molecule is CNC(=O)[C@@H]1CCCN1C(=O)c1cnn(-c2ccc(F)cc2)c1C. The molecule has 0 unspecified atom stereocenters. The highest BCUT2D eigenvalue weighted by atomic mass is 19.1. The van der Waals surface area contributed by atoms with Gasteiger partial charge in [0, 0.05) is 13.6 Å². The summed E-state index contributed by atoms with van der Waals surface area (Å²) in [7, 11) is 1.57. The molecule has 1 fully saturated rings. The molecule has 1 aliphatic heterocycles. The van der Waals surface area contributed by atoms with Crippen molar-refractivity contribution in [3.63, 3.8) is 0 Å². The molecule has 0 spiro atoms. The van der Waals surface area contributed by atoms with Gasteiger partial charge in [0.05, 0.1) is 23.1 Å². The second-order valence-corrected chi connectivity index (χ2v) is 5.80. The number of rotatable bonds is 3. The van der Waals surface area contributed by atoms with Gasteiger partial charge in [0.25, 0.3) is 5.91 Å². The molecule has 3 rings (SSSR count). The van der Waals surface area contributed by atoms with E-state index in [-0.39, 0.29) is 17.6 Å². The molecule has 1 aliphatic rings. The average molecular weight is 330 g/mol. The Morgan fingerprint density at radius 3 is 2.67 bits per heavy atom.